The molecule has 0 radical (unpaired) electrons. The predicted molar refractivity (Wildman–Crippen MR) is 77.3 cm³/mol. The van der Waals surface area contributed by atoms with Crippen LogP contribution in [-0.2, 0) is 21.9 Å². The number of carbonyl (C=O) groups is 1. The van der Waals surface area contributed by atoms with Crippen molar-refractivity contribution < 1.29 is 49.0 Å². The van der Waals surface area contributed by atoms with Gasteiger partial charge in [-0.3, -0.25) is 9.69 Å². The van der Waals surface area contributed by atoms with Crippen LogP contribution >= 0.6 is 0 Å². The van der Waals surface area contributed by atoms with Gasteiger partial charge in [0.1, 0.15) is 0 Å². The molecule has 1 aliphatic rings. The summed E-state index contributed by atoms with van der Waals surface area (Å²) < 4.78 is 120. The van der Waals surface area contributed by atoms with Crippen LogP contribution in [0.4, 0.5) is 45.2 Å². The summed E-state index contributed by atoms with van der Waals surface area (Å²) in [5, 5.41) is 1.85. The highest BCUT2D eigenvalue weighted by Crippen LogP contribution is 2.40. The number of halogens is 9. The molecule has 28 heavy (non-hydrogen) atoms. The van der Waals surface area contributed by atoms with E-state index in [-0.39, 0.29) is 6.07 Å². The van der Waals surface area contributed by atoms with Gasteiger partial charge >= 0.3 is 18.5 Å². The summed E-state index contributed by atoms with van der Waals surface area (Å²) in [6, 6.07) is 0.498. The van der Waals surface area contributed by atoms with E-state index in [1.54, 1.807) is 0 Å². The largest absolute Gasteiger partial charge is 0.419 e. The first kappa shape index (κ1) is 22.3. The first-order valence-electron chi connectivity index (χ1n) is 7.51. The smallest absolute Gasteiger partial charge is 0.366 e. The van der Waals surface area contributed by atoms with E-state index in [1.807, 2.05) is 5.32 Å². The Morgan fingerprint density at radius 3 is 1.82 bits per heavy atom. The van der Waals surface area contributed by atoms with E-state index in [0.29, 0.717) is 12.1 Å². The van der Waals surface area contributed by atoms with Gasteiger partial charge in [-0.1, -0.05) is 0 Å². The number of nitrogens with one attached hydrogen (secondary N) is 1. The molecule has 158 valence electrons. The fraction of sp³-hybridized carbons (Fsp3) is 0.533. The SMILES string of the molecule is COC1(C(F)(F)F)CN(CC(=O)Nc2cc(C(F)(F)F)cc(C(F)(F)F)c2)C1. The van der Waals surface area contributed by atoms with Gasteiger partial charge in [-0.05, 0) is 18.2 Å². The number of alkyl halides is 9. The van der Waals surface area contributed by atoms with Crippen molar-refractivity contribution in [2.24, 2.45) is 0 Å². The molecule has 0 bridgehead atoms. The lowest BCUT2D eigenvalue weighted by Crippen LogP contribution is -2.70. The van der Waals surface area contributed by atoms with Crippen molar-refractivity contribution >= 4 is 11.6 Å². The standard InChI is InChI=1S/C15H13F9N2O2/c1-28-12(15(22,23)24)6-26(7-12)5-11(27)25-10-3-8(13(16,17)18)2-9(4-10)14(19,20)21/h2-4H,5-7H2,1H3,(H,25,27). The van der Waals surface area contributed by atoms with Gasteiger partial charge in [0.15, 0.2) is 5.60 Å². The van der Waals surface area contributed by atoms with Crippen LogP contribution in [0.25, 0.3) is 0 Å². The Bertz CT molecular complexity index is 702. The third-order valence-electron chi connectivity index (χ3n) is 4.10. The van der Waals surface area contributed by atoms with Crippen LogP contribution < -0.4 is 5.32 Å². The highest BCUT2D eigenvalue weighted by Gasteiger charge is 2.62. The monoisotopic (exact) mass is 424 g/mol. The number of benzene rings is 1. The van der Waals surface area contributed by atoms with Gasteiger partial charge in [0.05, 0.1) is 17.7 Å². The molecule has 1 aromatic rings. The van der Waals surface area contributed by atoms with E-state index < -0.39 is 66.5 Å². The molecule has 1 aromatic carbocycles. The molecule has 0 spiro atoms. The number of carbonyl (C=O) groups excluding carboxylic acids is 1. The number of ether oxygens (including phenoxy) is 1. The number of methoxy groups -OCH3 is 1. The average Bonchev–Trinajstić information content (AvgIpc) is 2.47. The van der Waals surface area contributed by atoms with Crippen molar-refractivity contribution in [2.45, 2.75) is 24.1 Å². The number of rotatable bonds is 4. The molecule has 0 atom stereocenters. The summed E-state index contributed by atoms with van der Waals surface area (Å²) in [6.45, 7) is -2.06. The molecule has 13 heteroatoms. The number of amides is 1. The van der Waals surface area contributed by atoms with Crippen molar-refractivity contribution in [3.8, 4) is 0 Å². The van der Waals surface area contributed by atoms with E-state index in [4.69, 9.17) is 0 Å². The van der Waals surface area contributed by atoms with Gasteiger partial charge in [-0.2, -0.15) is 39.5 Å². The molecule has 4 nitrogen and oxygen atoms in total. The zero-order valence-electron chi connectivity index (χ0n) is 14.0. The minimum Gasteiger partial charge on any atom is -0.366 e. The first-order chi connectivity index (χ1) is 12.6. The van der Waals surface area contributed by atoms with Crippen LogP contribution in [-0.4, -0.2) is 49.3 Å². The molecular weight excluding hydrogens is 411 g/mol. The fourth-order valence-corrected chi connectivity index (χ4v) is 2.64. The maximum atomic E-state index is 12.9. The number of hydrogen-bond donors (Lipinski definition) is 1. The van der Waals surface area contributed by atoms with Crippen LogP contribution in [0.1, 0.15) is 11.1 Å². The highest BCUT2D eigenvalue weighted by atomic mass is 19.4. The number of hydrogen-bond acceptors (Lipinski definition) is 3. The summed E-state index contributed by atoms with van der Waals surface area (Å²) in [7, 11) is 0.839. The topological polar surface area (TPSA) is 41.6 Å². The quantitative estimate of drug-likeness (QED) is 0.746. The Hall–Kier alpha value is -2.02. The Kier molecular flexibility index (Phi) is 5.65. The van der Waals surface area contributed by atoms with E-state index in [9.17, 15) is 44.3 Å². The molecule has 0 saturated carbocycles. The molecule has 2 rings (SSSR count). The lowest BCUT2D eigenvalue weighted by atomic mass is 9.93. The fourth-order valence-electron chi connectivity index (χ4n) is 2.64. The first-order valence-corrected chi connectivity index (χ1v) is 7.51. The summed E-state index contributed by atoms with van der Waals surface area (Å²) in [6.07, 6.45) is -14.9. The van der Waals surface area contributed by atoms with Crippen LogP contribution in [0.3, 0.4) is 0 Å². The molecule has 1 aliphatic heterocycles. The van der Waals surface area contributed by atoms with Gasteiger partial charge in [-0.15, -0.1) is 0 Å². The summed E-state index contributed by atoms with van der Waals surface area (Å²) >= 11 is 0. The third kappa shape index (κ3) is 4.69. The van der Waals surface area contributed by atoms with E-state index in [1.165, 1.54) is 0 Å². The molecule has 1 fully saturated rings. The Balaban J connectivity index is 2.10. The van der Waals surface area contributed by atoms with E-state index in [2.05, 4.69) is 4.74 Å². The van der Waals surface area contributed by atoms with Gasteiger partial charge in [0.2, 0.25) is 5.91 Å². The number of nitrogens with zero attached hydrogens (tertiary/aromatic N) is 1. The zero-order valence-corrected chi connectivity index (χ0v) is 14.0. The molecular formula is C15H13F9N2O2. The van der Waals surface area contributed by atoms with Crippen molar-refractivity contribution in [3.63, 3.8) is 0 Å². The van der Waals surface area contributed by atoms with Gasteiger partial charge in [0, 0.05) is 25.9 Å². The van der Waals surface area contributed by atoms with Crippen molar-refractivity contribution in [3.05, 3.63) is 29.3 Å². The molecule has 0 aromatic heterocycles. The number of anilines is 1. The van der Waals surface area contributed by atoms with Crippen molar-refractivity contribution in [2.75, 3.05) is 32.1 Å². The Morgan fingerprint density at radius 2 is 1.46 bits per heavy atom. The van der Waals surface area contributed by atoms with Crippen LogP contribution in [0.15, 0.2) is 18.2 Å². The average molecular weight is 424 g/mol. The molecule has 1 heterocycles. The summed E-state index contributed by atoms with van der Waals surface area (Å²) in [5.74, 6) is -1.07. The molecule has 1 amide bonds. The van der Waals surface area contributed by atoms with Gasteiger partial charge in [0.25, 0.3) is 0 Å². The Morgan fingerprint density at radius 1 is 1.00 bits per heavy atom. The van der Waals surface area contributed by atoms with Crippen molar-refractivity contribution in [1.29, 1.82) is 0 Å². The van der Waals surface area contributed by atoms with Crippen LogP contribution in [0, 0.1) is 0 Å². The molecule has 1 saturated heterocycles. The minimum absolute atomic E-state index is 0.110. The lowest BCUT2D eigenvalue weighted by molar-refractivity contribution is -0.309. The Labute approximate surface area is 152 Å². The van der Waals surface area contributed by atoms with E-state index in [0.717, 1.165) is 12.0 Å². The minimum atomic E-state index is -5.09. The molecule has 0 unspecified atom stereocenters. The maximum Gasteiger partial charge on any atom is 0.419 e. The second-order valence-electron chi connectivity index (χ2n) is 6.18. The predicted octanol–water partition coefficient (Wildman–Crippen LogP) is 3.93. The van der Waals surface area contributed by atoms with Gasteiger partial charge < -0.3 is 10.1 Å². The van der Waals surface area contributed by atoms with Crippen molar-refractivity contribution in [1.82, 2.24) is 4.90 Å². The normalized spacial score (nSPS) is 17.9. The lowest BCUT2D eigenvalue weighted by Gasteiger charge is -2.49. The van der Waals surface area contributed by atoms with Crippen LogP contribution in [0.2, 0.25) is 0 Å². The molecule has 1 N–H and O–H groups in total. The highest BCUT2D eigenvalue weighted by molar-refractivity contribution is 5.92. The second kappa shape index (κ2) is 7.10. The maximum absolute atomic E-state index is 12.9. The summed E-state index contributed by atoms with van der Waals surface area (Å²) in [5.41, 5.74) is -6.50. The zero-order chi connectivity index (χ0) is 21.5. The van der Waals surface area contributed by atoms with Gasteiger partial charge in [-0.25, -0.2) is 0 Å². The number of likely N-dealkylation sites (tertiary alicyclic amines) is 1. The van der Waals surface area contributed by atoms with E-state index >= 15 is 0 Å². The second-order valence-corrected chi connectivity index (χ2v) is 6.18. The molecule has 0 aliphatic carbocycles. The summed E-state index contributed by atoms with van der Waals surface area (Å²) in [4.78, 5) is 12.8. The third-order valence-corrected chi connectivity index (χ3v) is 4.10. The van der Waals surface area contributed by atoms with Crippen LogP contribution in [0.5, 0.6) is 0 Å².